The minimum Gasteiger partial charge on any atom is -0.461 e. The van der Waals surface area contributed by atoms with Gasteiger partial charge in [0.15, 0.2) is 5.69 Å². The third-order valence-electron chi connectivity index (χ3n) is 2.88. The van der Waals surface area contributed by atoms with Crippen molar-refractivity contribution < 1.29 is 9.53 Å². The molecule has 0 fully saturated rings. The molecule has 2 aromatic rings. The van der Waals surface area contributed by atoms with Gasteiger partial charge in [-0.2, -0.15) is 5.10 Å². The van der Waals surface area contributed by atoms with Gasteiger partial charge in [-0.3, -0.25) is 4.68 Å². The molecule has 2 rings (SSSR count). The molecule has 0 spiro atoms. The molecule has 0 aliphatic rings. The number of nitrogen functional groups attached to an aromatic ring is 1. The molecule has 2 N–H and O–H groups in total. The standard InChI is InChI=1S/C12H17N5O2/c1-3-19-12(18)10-11(13)17(8-14-10)7-5-9-4-6-15-16(9)2/h4,6,8H,3,5,7,13H2,1-2H3. The van der Waals surface area contributed by atoms with Crippen molar-refractivity contribution in [1.29, 1.82) is 0 Å². The van der Waals surface area contributed by atoms with Gasteiger partial charge in [0.25, 0.3) is 0 Å². The Hall–Kier alpha value is -2.31. The van der Waals surface area contributed by atoms with E-state index in [-0.39, 0.29) is 5.69 Å². The van der Waals surface area contributed by atoms with E-state index >= 15 is 0 Å². The van der Waals surface area contributed by atoms with Gasteiger partial charge in [-0.05, 0) is 13.0 Å². The van der Waals surface area contributed by atoms with Crippen molar-refractivity contribution in [2.75, 3.05) is 12.3 Å². The molecule has 0 aliphatic heterocycles. The first-order chi connectivity index (χ1) is 9.13. The number of hydrogen-bond acceptors (Lipinski definition) is 5. The van der Waals surface area contributed by atoms with E-state index in [1.165, 1.54) is 0 Å². The van der Waals surface area contributed by atoms with Crippen molar-refractivity contribution in [2.45, 2.75) is 19.9 Å². The second-order valence-electron chi connectivity index (χ2n) is 4.09. The predicted molar refractivity (Wildman–Crippen MR) is 69.5 cm³/mol. The fourth-order valence-corrected chi connectivity index (χ4v) is 1.81. The summed E-state index contributed by atoms with van der Waals surface area (Å²) in [6, 6.07) is 1.94. The number of aryl methyl sites for hydroxylation is 3. The predicted octanol–water partition coefficient (Wildman–Crippen LogP) is 0.618. The van der Waals surface area contributed by atoms with Crippen molar-refractivity contribution in [3.05, 3.63) is 30.0 Å². The van der Waals surface area contributed by atoms with Crippen LogP contribution in [0, 0.1) is 0 Å². The largest absolute Gasteiger partial charge is 0.461 e. The maximum absolute atomic E-state index is 11.6. The number of carbonyl (C=O) groups excluding carboxylic acids is 1. The highest BCUT2D eigenvalue weighted by molar-refractivity contribution is 5.92. The topological polar surface area (TPSA) is 88.0 Å². The maximum Gasteiger partial charge on any atom is 0.360 e. The number of nitrogens with two attached hydrogens (primary N) is 1. The molecule has 0 saturated carbocycles. The van der Waals surface area contributed by atoms with Crippen LogP contribution in [0.2, 0.25) is 0 Å². The molecular formula is C12H17N5O2. The third-order valence-corrected chi connectivity index (χ3v) is 2.88. The number of nitrogens with zero attached hydrogens (tertiary/aromatic N) is 4. The molecule has 0 radical (unpaired) electrons. The molecule has 2 heterocycles. The zero-order valence-corrected chi connectivity index (χ0v) is 11.0. The van der Waals surface area contributed by atoms with Crippen LogP contribution in [0.5, 0.6) is 0 Å². The maximum atomic E-state index is 11.6. The lowest BCUT2D eigenvalue weighted by Crippen LogP contribution is -2.11. The van der Waals surface area contributed by atoms with Crippen molar-refractivity contribution in [3.63, 3.8) is 0 Å². The van der Waals surface area contributed by atoms with Crippen LogP contribution in [0.3, 0.4) is 0 Å². The Morgan fingerprint density at radius 1 is 1.53 bits per heavy atom. The number of aromatic nitrogens is 4. The fourth-order valence-electron chi connectivity index (χ4n) is 1.81. The summed E-state index contributed by atoms with van der Waals surface area (Å²) < 4.78 is 8.42. The lowest BCUT2D eigenvalue weighted by molar-refractivity contribution is 0.0521. The van der Waals surface area contributed by atoms with Gasteiger partial charge in [0.05, 0.1) is 12.9 Å². The van der Waals surface area contributed by atoms with Crippen LogP contribution < -0.4 is 5.73 Å². The zero-order valence-electron chi connectivity index (χ0n) is 11.0. The van der Waals surface area contributed by atoms with Crippen molar-refractivity contribution in [2.24, 2.45) is 7.05 Å². The summed E-state index contributed by atoms with van der Waals surface area (Å²) in [5, 5.41) is 4.10. The highest BCUT2D eigenvalue weighted by Gasteiger charge is 2.16. The van der Waals surface area contributed by atoms with Gasteiger partial charge in [0.2, 0.25) is 0 Å². The Morgan fingerprint density at radius 3 is 2.95 bits per heavy atom. The Morgan fingerprint density at radius 2 is 2.32 bits per heavy atom. The lowest BCUT2D eigenvalue weighted by atomic mass is 10.3. The lowest BCUT2D eigenvalue weighted by Gasteiger charge is -2.06. The minimum absolute atomic E-state index is 0.173. The molecule has 0 bridgehead atoms. The van der Waals surface area contributed by atoms with E-state index in [0.29, 0.717) is 19.0 Å². The van der Waals surface area contributed by atoms with Gasteiger partial charge >= 0.3 is 5.97 Å². The van der Waals surface area contributed by atoms with Crippen LogP contribution in [-0.4, -0.2) is 31.9 Å². The monoisotopic (exact) mass is 263 g/mol. The number of anilines is 1. The molecule has 7 nitrogen and oxygen atoms in total. The van der Waals surface area contributed by atoms with Gasteiger partial charge in [-0.15, -0.1) is 0 Å². The van der Waals surface area contributed by atoms with Crippen LogP contribution in [0.4, 0.5) is 5.82 Å². The highest BCUT2D eigenvalue weighted by Crippen LogP contribution is 2.12. The first kappa shape index (κ1) is 13.1. The molecule has 0 unspecified atom stereocenters. The molecule has 0 aromatic carbocycles. The summed E-state index contributed by atoms with van der Waals surface area (Å²) in [5.74, 6) is -0.153. The summed E-state index contributed by atoms with van der Waals surface area (Å²) in [5.41, 5.74) is 7.15. The molecule has 19 heavy (non-hydrogen) atoms. The highest BCUT2D eigenvalue weighted by atomic mass is 16.5. The van der Waals surface area contributed by atoms with E-state index in [0.717, 1.165) is 12.1 Å². The van der Waals surface area contributed by atoms with Gasteiger partial charge in [-0.1, -0.05) is 0 Å². The van der Waals surface area contributed by atoms with Crippen LogP contribution in [0.15, 0.2) is 18.6 Å². The van der Waals surface area contributed by atoms with Crippen molar-refractivity contribution >= 4 is 11.8 Å². The van der Waals surface area contributed by atoms with E-state index in [4.69, 9.17) is 10.5 Å². The smallest absolute Gasteiger partial charge is 0.360 e. The normalized spacial score (nSPS) is 10.6. The van der Waals surface area contributed by atoms with E-state index in [2.05, 4.69) is 10.1 Å². The molecule has 7 heteroatoms. The van der Waals surface area contributed by atoms with E-state index in [9.17, 15) is 4.79 Å². The van der Waals surface area contributed by atoms with E-state index in [1.807, 2.05) is 13.1 Å². The molecule has 0 amide bonds. The number of imidazole rings is 1. The SMILES string of the molecule is CCOC(=O)c1ncn(CCc2ccnn2C)c1N. The van der Waals surface area contributed by atoms with E-state index < -0.39 is 5.97 Å². The van der Waals surface area contributed by atoms with Gasteiger partial charge in [0.1, 0.15) is 5.82 Å². The van der Waals surface area contributed by atoms with Crippen LogP contribution in [0.25, 0.3) is 0 Å². The number of ether oxygens (including phenoxy) is 1. The molecule has 0 saturated heterocycles. The zero-order chi connectivity index (χ0) is 13.8. The van der Waals surface area contributed by atoms with Gasteiger partial charge in [-0.25, -0.2) is 9.78 Å². The first-order valence-electron chi connectivity index (χ1n) is 6.08. The summed E-state index contributed by atoms with van der Waals surface area (Å²) in [7, 11) is 1.89. The Labute approximate surface area is 111 Å². The average Bonchev–Trinajstić information content (AvgIpc) is 2.94. The Bertz CT molecular complexity index is 572. The first-order valence-corrected chi connectivity index (χ1v) is 6.08. The molecular weight excluding hydrogens is 246 g/mol. The quantitative estimate of drug-likeness (QED) is 0.799. The van der Waals surface area contributed by atoms with Crippen LogP contribution in [-0.2, 0) is 24.8 Å². The Balaban J connectivity index is 2.06. The molecule has 0 atom stereocenters. The number of rotatable bonds is 5. The second-order valence-corrected chi connectivity index (χ2v) is 4.09. The minimum atomic E-state index is -0.487. The van der Waals surface area contributed by atoms with Gasteiger partial charge < -0.3 is 15.0 Å². The van der Waals surface area contributed by atoms with Gasteiger partial charge in [0, 0.05) is 31.9 Å². The summed E-state index contributed by atoms with van der Waals surface area (Å²) in [4.78, 5) is 15.6. The summed E-state index contributed by atoms with van der Waals surface area (Å²) in [6.07, 6.45) is 4.06. The Kier molecular flexibility index (Phi) is 3.84. The molecule has 2 aromatic heterocycles. The summed E-state index contributed by atoms with van der Waals surface area (Å²) >= 11 is 0. The van der Waals surface area contributed by atoms with E-state index in [1.54, 1.807) is 28.7 Å². The van der Waals surface area contributed by atoms with Crippen LogP contribution in [0.1, 0.15) is 23.1 Å². The number of hydrogen-bond donors (Lipinski definition) is 1. The fraction of sp³-hybridized carbons (Fsp3) is 0.417. The van der Waals surface area contributed by atoms with Crippen LogP contribution >= 0.6 is 0 Å². The summed E-state index contributed by atoms with van der Waals surface area (Å²) in [6.45, 7) is 2.69. The second kappa shape index (κ2) is 5.55. The molecule has 102 valence electrons. The number of esters is 1. The number of carbonyl (C=O) groups is 1. The third kappa shape index (κ3) is 2.75. The van der Waals surface area contributed by atoms with Crippen molar-refractivity contribution in [1.82, 2.24) is 19.3 Å². The average molecular weight is 263 g/mol. The van der Waals surface area contributed by atoms with Crippen molar-refractivity contribution in [3.8, 4) is 0 Å². The molecule has 0 aliphatic carbocycles.